The van der Waals surface area contributed by atoms with Gasteiger partial charge in [0.2, 0.25) is 0 Å². The van der Waals surface area contributed by atoms with E-state index in [1.54, 1.807) is 11.3 Å². The average Bonchev–Trinajstić information content (AvgIpc) is 3.63. The zero-order valence-corrected chi connectivity index (χ0v) is 28.0. The average molecular weight is 709 g/mol. The van der Waals surface area contributed by atoms with Crippen LogP contribution in [0.1, 0.15) is 63.7 Å². The van der Waals surface area contributed by atoms with E-state index in [1.165, 1.54) is 9.78 Å². The Balaban J connectivity index is 1.14. The summed E-state index contributed by atoms with van der Waals surface area (Å²) in [5, 5.41) is 12.2. The Kier molecular flexibility index (Phi) is 11.0. The lowest BCUT2D eigenvalue weighted by Crippen LogP contribution is -2.59. The molecule has 2 aromatic carbocycles. The summed E-state index contributed by atoms with van der Waals surface area (Å²) in [7, 11) is 0. The van der Waals surface area contributed by atoms with E-state index in [9.17, 15) is 36.2 Å². The number of nitrogens with zero attached hydrogens (tertiary/aromatic N) is 4. The highest BCUT2D eigenvalue weighted by atomic mass is 32.1. The Labute approximate surface area is 286 Å². The first-order valence-electron chi connectivity index (χ1n) is 16.9. The van der Waals surface area contributed by atoms with Crippen molar-refractivity contribution in [1.29, 1.82) is 0 Å². The van der Waals surface area contributed by atoms with Gasteiger partial charge in [-0.3, -0.25) is 19.5 Å². The second kappa shape index (κ2) is 15.1. The first-order valence-corrected chi connectivity index (χ1v) is 17.8. The number of carbonyl (C=O) groups excluding carboxylic acids is 1. The van der Waals surface area contributed by atoms with E-state index < -0.39 is 41.0 Å². The lowest BCUT2D eigenvalue weighted by Gasteiger charge is -2.48. The van der Waals surface area contributed by atoms with Crippen molar-refractivity contribution in [3.05, 3.63) is 93.2 Å². The third-order valence-corrected chi connectivity index (χ3v) is 11.4. The van der Waals surface area contributed by atoms with Gasteiger partial charge in [0.1, 0.15) is 0 Å². The molecular weight excluding hydrogens is 666 g/mol. The summed E-state index contributed by atoms with van der Waals surface area (Å²) < 4.78 is 81.8. The van der Waals surface area contributed by atoms with Gasteiger partial charge in [-0.15, -0.1) is 11.3 Å². The predicted octanol–water partition coefficient (Wildman–Crippen LogP) is 6.82. The van der Waals surface area contributed by atoms with Gasteiger partial charge in [-0.25, -0.2) is 0 Å². The third-order valence-electron chi connectivity index (χ3n) is 10.4. The molecule has 3 fully saturated rings. The van der Waals surface area contributed by atoms with E-state index in [2.05, 4.69) is 20.8 Å². The Bertz CT molecular complexity index is 1500. The third kappa shape index (κ3) is 8.50. The van der Waals surface area contributed by atoms with Crippen LogP contribution in [0.5, 0.6) is 0 Å². The highest BCUT2D eigenvalue weighted by molar-refractivity contribution is 7.10. The first kappa shape index (κ1) is 35.8. The van der Waals surface area contributed by atoms with Gasteiger partial charge in [-0.05, 0) is 73.9 Å². The molecule has 0 bridgehead atoms. The van der Waals surface area contributed by atoms with Crippen molar-refractivity contribution in [2.24, 2.45) is 0 Å². The molecule has 4 unspecified atom stereocenters. The molecule has 4 heterocycles. The van der Waals surface area contributed by atoms with E-state index >= 15 is 0 Å². The first-order chi connectivity index (χ1) is 23.4. The number of benzene rings is 2. The van der Waals surface area contributed by atoms with Crippen LogP contribution in [0, 0.1) is 0 Å². The van der Waals surface area contributed by atoms with Crippen LogP contribution >= 0.6 is 11.3 Å². The predicted molar refractivity (Wildman–Crippen MR) is 176 cm³/mol. The lowest BCUT2D eigenvalue weighted by molar-refractivity contribution is -0.143. The number of likely N-dealkylation sites (tertiary alicyclic amines) is 2. The van der Waals surface area contributed by atoms with Crippen LogP contribution in [-0.4, -0.2) is 101 Å². The van der Waals surface area contributed by atoms with Crippen molar-refractivity contribution in [3.8, 4) is 0 Å². The second-order valence-electron chi connectivity index (χ2n) is 13.4. The zero-order chi connectivity index (χ0) is 34.8. The minimum atomic E-state index is -5.03. The number of rotatable bonds is 8. The fourth-order valence-corrected chi connectivity index (χ4v) is 8.70. The fourth-order valence-electron chi connectivity index (χ4n) is 7.85. The summed E-state index contributed by atoms with van der Waals surface area (Å²) in [5.74, 6) is -0.814. The van der Waals surface area contributed by atoms with Crippen molar-refractivity contribution in [1.82, 2.24) is 19.6 Å². The minimum Gasteiger partial charge on any atom is -0.394 e. The summed E-state index contributed by atoms with van der Waals surface area (Å²) in [5.41, 5.74) is -2.63. The molecule has 0 saturated carbocycles. The van der Waals surface area contributed by atoms with Crippen molar-refractivity contribution in [2.45, 2.75) is 68.6 Å². The molecule has 3 saturated heterocycles. The number of aliphatic hydroxyl groups excluding tert-OH is 1. The molecule has 1 amide bonds. The maximum Gasteiger partial charge on any atom is 0.416 e. The molecule has 0 radical (unpaired) electrons. The van der Waals surface area contributed by atoms with Crippen LogP contribution in [0.4, 0.5) is 26.3 Å². The van der Waals surface area contributed by atoms with Crippen molar-refractivity contribution < 1.29 is 36.2 Å². The summed E-state index contributed by atoms with van der Waals surface area (Å²) in [6.07, 6.45) is -6.30. The largest absolute Gasteiger partial charge is 0.416 e. The Hall–Kier alpha value is -2.97. The maximum atomic E-state index is 13.8. The standard InChI is InChI=1S/C36H42F6N4O2S/c37-35(38,39)27-19-26(20-28(21-27)36(40,41)42)34(48)46-12-10-29(22-31(46)18-25-6-2-1-3-7-25)43-13-15-44(16-14-43)30-8-4-11-45(23-30)32(24-47)33-9-5-17-49-33/h1-3,5-7,9,17,19-21,29-32,47H,4,8,10-16,18,22-24H2. The summed E-state index contributed by atoms with van der Waals surface area (Å²) in [6, 6.07) is 14.8. The normalized spacial score (nSPS) is 24.2. The smallest absolute Gasteiger partial charge is 0.394 e. The number of aliphatic hydroxyl groups is 1. The molecule has 1 N–H and O–H groups in total. The number of carbonyl (C=O) groups is 1. The quantitative estimate of drug-likeness (QED) is 0.261. The highest BCUT2D eigenvalue weighted by Gasteiger charge is 2.41. The van der Waals surface area contributed by atoms with Crippen LogP contribution in [-0.2, 0) is 18.8 Å². The minimum absolute atomic E-state index is 0.00881. The van der Waals surface area contributed by atoms with Crippen molar-refractivity contribution in [2.75, 3.05) is 52.4 Å². The Morgan fingerprint density at radius 2 is 1.47 bits per heavy atom. The van der Waals surface area contributed by atoms with Gasteiger partial charge in [0.15, 0.2) is 0 Å². The summed E-state index contributed by atoms with van der Waals surface area (Å²) in [4.78, 5) is 23.8. The van der Waals surface area contributed by atoms with Crippen LogP contribution in [0.15, 0.2) is 66.0 Å². The molecule has 0 spiro atoms. The maximum absolute atomic E-state index is 13.8. The Morgan fingerprint density at radius 1 is 0.816 bits per heavy atom. The van der Waals surface area contributed by atoms with Gasteiger partial charge >= 0.3 is 12.4 Å². The number of halogens is 6. The number of piperazine rings is 1. The molecule has 3 aliphatic heterocycles. The number of piperidine rings is 2. The van der Waals surface area contributed by atoms with Gasteiger partial charge in [0.05, 0.1) is 23.8 Å². The molecule has 1 aromatic heterocycles. The van der Waals surface area contributed by atoms with Gasteiger partial charge in [-0.2, -0.15) is 26.3 Å². The van der Waals surface area contributed by atoms with E-state index in [4.69, 9.17) is 0 Å². The van der Waals surface area contributed by atoms with Crippen LogP contribution < -0.4 is 0 Å². The van der Waals surface area contributed by atoms with Crippen molar-refractivity contribution in [3.63, 3.8) is 0 Å². The molecule has 266 valence electrons. The molecule has 6 rings (SSSR count). The van der Waals surface area contributed by atoms with Gasteiger partial charge in [0.25, 0.3) is 5.91 Å². The molecular formula is C36H42F6N4O2S. The zero-order valence-electron chi connectivity index (χ0n) is 27.2. The molecule has 3 aliphatic rings. The van der Waals surface area contributed by atoms with Crippen LogP contribution in [0.25, 0.3) is 0 Å². The fraction of sp³-hybridized carbons (Fsp3) is 0.528. The molecule has 13 heteroatoms. The lowest BCUT2D eigenvalue weighted by atomic mass is 9.90. The van der Waals surface area contributed by atoms with Crippen molar-refractivity contribution >= 4 is 17.2 Å². The summed E-state index contributed by atoms with van der Waals surface area (Å²) in [6.45, 7) is 5.62. The van der Waals surface area contributed by atoms with Crippen LogP contribution in [0.3, 0.4) is 0 Å². The molecule has 4 atom stereocenters. The molecule has 49 heavy (non-hydrogen) atoms. The molecule has 3 aromatic rings. The molecule has 6 nitrogen and oxygen atoms in total. The number of alkyl halides is 6. The van der Waals surface area contributed by atoms with E-state index in [0.717, 1.165) is 57.7 Å². The monoisotopic (exact) mass is 708 g/mol. The van der Waals surface area contributed by atoms with E-state index in [0.29, 0.717) is 37.4 Å². The SMILES string of the molecule is O=C(c1cc(C(F)(F)F)cc(C(F)(F)F)c1)N1CCC(N2CCN(C3CCCN(C(CO)c4cccs4)C3)CC2)CC1Cc1ccccc1. The highest BCUT2D eigenvalue weighted by Crippen LogP contribution is 2.37. The second-order valence-corrected chi connectivity index (χ2v) is 14.4. The van der Waals surface area contributed by atoms with Gasteiger partial charge in [-0.1, -0.05) is 36.4 Å². The van der Waals surface area contributed by atoms with E-state index in [1.807, 2.05) is 41.8 Å². The Morgan fingerprint density at radius 3 is 2.06 bits per heavy atom. The topological polar surface area (TPSA) is 50.3 Å². The number of amides is 1. The number of thiophene rings is 1. The van der Waals surface area contributed by atoms with Crippen LogP contribution in [0.2, 0.25) is 0 Å². The number of hydrogen-bond donors (Lipinski definition) is 1. The van der Waals surface area contributed by atoms with E-state index in [-0.39, 0.29) is 31.3 Å². The summed E-state index contributed by atoms with van der Waals surface area (Å²) >= 11 is 1.67. The van der Waals surface area contributed by atoms with Gasteiger partial charge in [0, 0.05) is 67.8 Å². The number of hydrogen-bond acceptors (Lipinski definition) is 6. The molecule has 0 aliphatic carbocycles. The van der Waals surface area contributed by atoms with Gasteiger partial charge < -0.3 is 10.0 Å².